The van der Waals surface area contributed by atoms with E-state index in [2.05, 4.69) is 33.0 Å². The van der Waals surface area contributed by atoms with Crippen LogP contribution in [0.5, 0.6) is 0 Å². The second kappa shape index (κ2) is 4.69. The number of nitrogens with zero attached hydrogens (tertiary/aromatic N) is 4. The van der Waals surface area contributed by atoms with Gasteiger partial charge in [-0.2, -0.15) is 4.99 Å². The normalized spacial score (nSPS) is 10.8. The average Bonchev–Trinajstić information content (AvgIpc) is 2.97. The van der Waals surface area contributed by atoms with Gasteiger partial charge in [-0.3, -0.25) is 0 Å². The van der Waals surface area contributed by atoms with Crippen LogP contribution in [0, 0.1) is 0 Å². The van der Waals surface area contributed by atoms with Gasteiger partial charge >= 0.3 is 0 Å². The molecule has 20 heavy (non-hydrogen) atoms. The Labute approximate surface area is 115 Å². The SMILES string of the molecule is C[n+]1ccc2c(ccn2Cc2cc(N=C(N)N)no2)c1. The van der Waals surface area contributed by atoms with E-state index < -0.39 is 0 Å². The molecule has 0 aromatic carbocycles. The van der Waals surface area contributed by atoms with Gasteiger partial charge in [0.2, 0.25) is 0 Å². The van der Waals surface area contributed by atoms with Crippen LogP contribution in [0.4, 0.5) is 5.82 Å². The second-order valence-electron chi connectivity index (χ2n) is 4.58. The van der Waals surface area contributed by atoms with Crippen molar-refractivity contribution in [1.82, 2.24) is 9.72 Å². The summed E-state index contributed by atoms with van der Waals surface area (Å²) in [6.07, 6.45) is 6.08. The van der Waals surface area contributed by atoms with Gasteiger partial charge in [0.1, 0.15) is 7.05 Å². The lowest BCUT2D eigenvalue weighted by Crippen LogP contribution is -2.25. The van der Waals surface area contributed by atoms with Gasteiger partial charge in [-0.1, -0.05) is 5.16 Å². The maximum absolute atomic E-state index is 5.30. The highest BCUT2D eigenvalue weighted by Crippen LogP contribution is 2.17. The summed E-state index contributed by atoms with van der Waals surface area (Å²) >= 11 is 0. The van der Waals surface area contributed by atoms with Gasteiger partial charge in [-0.25, -0.2) is 4.57 Å². The zero-order chi connectivity index (χ0) is 14.1. The van der Waals surface area contributed by atoms with Crippen molar-refractivity contribution < 1.29 is 9.09 Å². The smallest absolute Gasteiger partial charge is 0.198 e. The largest absolute Gasteiger partial charge is 0.370 e. The molecule has 0 saturated heterocycles. The van der Waals surface area contributed by atoms with Crippen LogP contribution >= 0.6 is 0 Å². The molecule has 0 atom stereocenters. The van der Waals surface area contributed by atoms with E-state index in [1.54, 1.807) is 6.07 Å². The summed E-state index contributed by atoms with van der Waals surface area (Å²) in [5.41, 5.74) is 11.7. The molecule has 0 aliphatic heterocycles. The number of fused-ring (bicyclic) bond motifs is 1. The van der Waals surface area contributed by atoms with Crippen LogP contribution in [-0.4, -0.2) is 15.7 Å². The van der Waals surface area contributed by atoms with Gasteiger partial charge < -0.3 is 20.6 Å². The molecular weight excluding hydrogens is 256 g/mol. The van der Waals surface area contributed by atoms with Gasteiger partial charge in [-0.15, -0.1) is 0 Å². The third kappa shape index (κ3) is 2.33. The summed E-state index contributed by atoms with van der Waals surface area (Å²) in [5, 5.41) is 4.96. The molecule has 4 N–H and O–H groups in total. The molecule has 3 aromatic heterocycles. The minimum Gasteiger partial charge on any atom is -0.370 e. The predicted molar refractivity (Wildman–Crippen MR) is 74.2 cm³/mol. The fourth-order valence-corrected chi connectivity index (χ4v) is 2.12. The van der Waals surface area contributed by atoms with Crippen LogP contribution < -0.4 is 16.0 Å². The average molecular weight is 271 g/mol. The molecule has 0 bridgehead atoms. The predicted octanol–water partition coefficient (Wildman–Crippen LogP) is 0.407. The zero-order valence-electron chi connectivity index (χ0n) is 11.0. The van der Waals surface area contributed by atoms with E-state index in [0.717, 1.165) is 5.52 Å². The highest BCUT2D eigenvalue weighted by Gasteiger charge is 2.08. The Hall–Kier alpha value is -2.83. The molecular formula is C13H15N6O+. The van der Waals surface area contributed by atoms with Crippen LogP contribution in [0.15, 0.2) is 46.3 Å². The van der Waals surface area contributed by atoms with Gasteiger partial charge in [0.15, 0.2) is 29.9 Å². The number of aryl methyl sites for hydroxylation is 1. The van der Waals surface area contributed by atoms with Gasteiger partial charge in [0, 0.05) is 18.3 Å². The molecule has 3 heterocycles. The summed E-state index contributed by atoms with van der Waals surface area (Å²) in [6.45, 7) is 0.574. The van der Waals surface area contributed by atoms with Crippen molar-refractivity contribution in [1.29, 1.82) is 0 Å². The van der Waals surface area contributed by atoms with E-state index in [1.807, 2.05) is 24.0 Å². The van der Waals surface area contributed by atoms with Crippen molar-refractivity contribution in [2.24, 2.45) is 23.5 Å². The third-order valence-corrected chi connectivity index (χ3v) is 2.97. The van der Waals surface area contributed by atoms with Crippen molar-refractivity contribution in [2.75, 3.05) is 0 Å². The van der Waals surface area contributed by atoms with Gasteiger partial charge in [0.05, 0.1) is 17.4 Å². The van der Waals surface area contributed by atoms with Crippen molar-refractivity contribution >= 4 is 22.7 Å². The first-order valence-electron chi connectivity index (χ1n) is 6.11. The molecule has 0 fully saturated rings. The maximum Gasteiger partial charge on any atom is 0.198 e. The highest BCUT2D eigenvalue weighted by molar-refractivity contribution is 5.78. The van der Waals surface area contributed by atoms with Crippen molar-refractivity contribution in [2.45, 2.75) is 6.54 Å². The van der Waals surface area contributed by atoms with Gasteiger partial charge in [0.25, 0.3) is 0 Å². The lowest BCUT2D eigenvalue weighted by atomic mass is 10.3. The fraction of sp³-hybridized carbons (Fsp3) is 0.154. The Bertz CT molecular complexity index is 781. The molecule has 3 rings (SSSR count). The molecule has 3 aromatic rings. The number of rotatable bonds is 3. The lowest BCUT2D eigenvalue weighted by molar-refractivity contribution is -0.670. The molecule has 0 saturated carbocycles. The molecule has 7 nitrogen and oxygen atoms in total. The molecule has 0 aliphatic rings. The lowest BCUT2D eigenvalue weighted by Gasteiger charge is -2.00. The Morgan fingerprint density at radius 3 is 3.10 bits per heavy atom. The summed E-state index contributed by atoms with van der Waals surface area (Å²) in [7, 11) is 1.99. The van der Waals surface area contributed by atoms with Crippen molar-refractivity contribution in [3.8, 4) is 0 Å². The van der Waals surface area contributed by atoms with Gasteiger partial charge in [-0.05, 0) is 6.07 Å². The fourth-order valence-electron chi connectivity index (χ4n) is 2.12. The topological polar surface area (TPSA) is 99.2 Å². The van der Waals surface area contributed by atoms with E-state index in [9.17, 15) is 0 Å². The molecule has 0 radical (unpaired) electrons. The number of pyridine rings is 1. The van der Waals surface area contributed by atoms with Crippen molar-refractivity contribution in [3.05, 3.63) is 42.5 Å². The van der Waals surface area contributed by atoms with E-state index in [1.165, 1.54) is 5.39 Å². The Morgan fingerprint density at radius 2 is 2.30 bits per heavy atom. The minimum atomic E-state index is -0.0382. The van der Waals surface area contributed by atoms with E-state index in [-0.39, 0.29) is 5.96 Å². The maximum atomic E-state index is 5.30. The molecule has 102 valence electrons. The summed E-state index contributed by atoms with van der Waals surface area (Å²) < 4.78 is 9.31. The number of hydrogen-bond donors (Lipinski definition) is 2. The molecule has 0 unspecified atom stereocenters. The minimum absolute atomic E-state index is 0.0382. The number of aliphatic imine (C=N–C) groups is 1. The van der Waals surface area contributed by atoms with E-state index >= 15 is 0 Å². The molecule has 7 heteroatoms. The third-order valence-electron chi connectivity index (χ3n) is 2.97. The first-order valence-corrected chi connectivity index (χ1v) is 6.11. The highest BCUT2D eigenvalue weighted by atomic mass is 16.5. The summed E-state index contributed by atoms with van der Waals surface area (Å²) in [6, 6.07) is 5.83. The first-order chi connectivity index (χ1) is 9.61. The van der Waals surface area contributed by atoms with Crippen molar-refractivity contribution in [3.63, 3.8) is 0 Å². The second-order valence-corrected chi connectivity index (χ2v) is 4.58. The van der Waals surface area contributed by atoms with Crippen LogP contribution in [-0.2, 0) is 13.6 Å². The zero-order valence-corrected chi connectivity index (χ0v) is 11.0. The number of hydrogen-bond acceptors (Lipinski definition) is 3. The van der Waals surface area contributed by atoms with Crippen LogP contribution in [0.1, 0.15) is 5.76 Å². The number of nitrogens with two attached hydrogens (primary N) is 2. The summed E-state index contributed by atoms with van der Waals surface area (Å²) in [5.74, 6) is 1.03. The van der Waals surface area contributed by atoms with E-state index in [0.29, 0.717) is 18.1 Å². The van der Waals surface area contributed by atoms with Crippen LogP contribution in [0.2, 0.25) is 0 Å². The van der Waals surface area contributed by atoms with Crippen LogP contribution in [0.3, 0.4) is 0 Å². The molecule has 0 amide bonds. The van der Waals surface area contributed by atoms with E-state index in [4.69, 9.17) is 16.0 Å². The number of guanidine groups is 1. The Morgan fingerprint density at radius 1 is 1.45 bits per heavy atom. The standard InChI is InChI=1S/C13H15N6O/c1-18-4-3-11-9(7-18)2-5-19(11)8-10-6-12(17-20-10)16-13(14)15/h2-7H,8H2,1H3,(H4,14,15,16,17)/q+1. The first kappa shape index (κ1) is 12.2. The molecule has 0 aliphatic carbocycles. The monoisotopic (exact) mass is 271 g/mol. The summed E-state index contributed by atoms with van der Waals surface area (Å²) in [4.78, 5) is 3.84. The number of aromatic nitrogens is 3. The quantitative estimate of drug-likeness (QED) is 0.409. The van der Waals surface area contributed by atoms with Crippen LogP contribution in [0.25, 0.3) is 10.9 Å². The Balaban J connectivity index is 1.89. The molecule has 0 spiro atoms. The Kier molecular flexibility index (Phi) is 2.86.